The lowest BCUT2D eigenvalue weighted by Crippen LogP contribution is -2.20. The van der Waals surface area contributed by atoms with Crippen LogP contribution in [-0.4, -0.2) is 26.1 Å². The van der Waals surface area contributed by atoms with E-state index in [9.17, 15) is 9.00 Å². The van der Waals surface area contributed by atoms with Gasteiger partial charge in [0.1, 0.15) is 11.5 Å². The first kappa shape index (κ1) is 15.4. The number of carbonyl (C=O) groups is 1. The molecule has 0 spiro atoms. The van der Waals surface area contributed by atoms with Gasteiger partial charge in [0.25, 0.3) is 0 Å². The molecule has 21 heavy (non-hydrogen) atoms. The second-order valence-corrected chi connectivity index (χ2v) is 6.03. The summed E-state index contributed by atoms with van der Waals surface area (Å²) >= 11 is 0. The summed E-state index contributed by atoms with van der Waals surface area (Å²) in [4.78, 5) is 11.7. The number of anilines is 1. The molecule has 0 aliphatic heterocycles. The third-order valence-electron chi connectivity index (χ3n) is 2.72. The fraction of sp³-hybridized carbons (Fsp3) is 0.286. The number of aliphatic hydroxyl groups is 1. The van der Waals surface area contributed by atoms with E-state index in [-0.39, 0.29) is 24.0 Å². The maximum Gasteiger partial charge on any atom is 0.238 e. The van der Waals surface area contributed by atoms with Crippen LogP contribution in [-0.2, 0) is 28.0 Å². The molecule has 1 amide bonds. The predicted molar refractivity (Wildman–Crippen MR) is 78.9 cm³/mol. The van der Waals surface area contributed by atoms with Crippen molar-refractivity contribution in [2.24, 2.45) is 0 Å². The standard InChI is InChI=1S/C14H16N2O4S/c1-10-6-13(16-20-10)15-14(18)9-21(19)8-12-4-2-11(7-17)3-5-12/h2-6,17H,7-9H2,1H3,(H,15,16,18). The van der Waals surface area contributed by atoms with Crippen LogP contribution in [0.3, 0.4) is 0 Å². The Bertz CT molecular complexity index is 637. The highest BCUT2D eigenvalue weighted by Crippen LogP contribution is 2.09. The molecule has 0 fully saturated rings. The molecule has 2 N–H and O–H groups in total. The number of nitrogens with one attached hydrogen (secondary N) is 1. The molecule has 0 aliphatic rings. The third-order valence-corrected chi connectivity index (χ3v) is 3.96. The fourth-order valence-corrected chi connectivity index (χ4v) is 2.76. The van der Waals surface area contributed by atoms with Gasteiger partial charge in [-0.2, -0.15) is 0 Å². The molecule has 2 rings (SSSR count). The molecule has 1 aromatic heterocycles. The van der Waals surface area contributed by atoms with Gasteiger partial charge in [0, 0.05) is 22.6 Å². The molecule has 0 saturated heterocycles. The minimum absolute atomic E-state index is 0.0249. The first-order valence-corrected chi connectivity index (χ1v) is 7.82. The zero-order valence-electron chi connectivity index (χ0n) is 11.5. The highest BCUT2D eigenvalue weighted by molar-refractivity contribution is 7.84. The smallest absolute Gasteiger partial charge is 0.238 e. The number of carbonyl (C=O) groups excluding carboxylic acids is 1. The summed E-state index contributed by atoms with van der Waals surface area (Å²) in [6.07, 6.45) is 0. The van der Waals surface area contributed by atoms with E-state index >= 15 is 0 Å². The van der Waals surface area contributed by atoms with Crippen molar-refractivity contribution in [3.05, 3.63) is 47.2 Å². The summed E-state index contributed by atoms with van der Waals surface area (Å²) in [6.45, 7) is 1.69. The Morgan fingerprint density at radius 1 is 1.33 bits per heavy atom. The Morgan fingerprint density at radius 2 is 2.00 bits per heavy atom. The molecule has 1 aromatic carbocycles. The van der Waals surface area contributed by atoms with Gasteiger partial charge in [-0.15, -0.1) is 0 Å². The van der Waals surface area contributed by atoms with E-state index in [1.54, 1.807) is 37.3 Å². The van der Waals surface area contributed by atoms with Crippen molar-refractivity contribution >= 4 is 22.5 Å². The van der Waals surface area contributed by atoms with Gasteiger partial charge in [0.05, 0.1) is 6.61 Å². The molecule has 6 nitrogen and oxygen atoms in total. The van der Waals surface area contributed by atoms with Gasteiger partial charge in [0.2, 0.25) is 5.91 Å². The summed E-state index contributed by atoms with van der Waals surface area (Å²) in [6, 6.07) is 8.72. The Balaban J connectivity index is 1.84. The number of aromatic nitrogens is 1. The van der Waals surface area contributed by atoms with Crippen LogP contribution >= 0.6 is 0 Å². The quantitative estimate of drug-likeness (QED) is 0.840. The average Bonchev–Trinajstić information content (AvgIpc) is 2.84. The molecule has 7 heteroatoms. The highest BCUT2D eigenvalue weighted by atomic mass is 32.2. The van der Waals surface area contributed by atoms with Gasteiger partial charge in [-0.1, -0.05) is 29.4 Å². The number of hydrogen-bond donors (Lipinski definition) is 2. The van der Waals surface area contributed by atoms with E-state index in [0.29, 0.717) is 11.6 Å². The second-order valence-electron chi connectivity index (χ2n) is 4.57. The van der Waals surface area contributed by atoms with Crippen LogP contribution in [0.1, 0.15) is 16.9 Å². The maximum absolute atomic E-state index is 11.9. The van der Waals surface area contributed by atoms with Gasteiger partial charge in [-0.05, 0) is 18.1 Å². The van der Waals surface area contributed by atoms with Crippen LogP contribution in [0.2, 0.25) is 0 Å². The summed E-state index contributed by atoms with van der Waals surface area (Å²) < 4.78 is 16.8. The van der Waals surface area contributed by atoms with Gasteiger partial charge in [-0.25, -0.2) is 0 Å². The SMILES string of the molecule is Cc1cc(NC(=O)CS(=O)Cc2ccc(CO)cc2)no1. The van der Waals surface area contributed by atoms with Crippen LogP contribution in [0.4, 0.5) is 5.82 Å². The molecule has 112 valence electrons. The topological polar surface area (TPSA) is 92.4 Å². The first-order valence-electron chi connectivity index (χ1n) is 6.33. The number of rotatable bonds is 6. The first-order chi connectivity index (χ1) is 10.1. The number of amides is 1. The lowest BCUT2D eigenvalue weighted by Gasteiger charge is -2.04. The minimum Gasteiger partial charge on any atom is -0.392 e. The molecule has 1 heterocycles. The van der Waals surface area contributed by atoms with Crippen molar-refractivity contribution < 1.29 is 18.6 Å². The zero-order valence-corrected chi connectivity index (χ0v) is 12.4. The normalized spacial score (nSPS) is 12.1. The number of aryl methyl sites for hydroxylation is 1. The van der Waals surface area contributed by atoms with Gasteiger partial charge in [0.15, 0.2) is 5.82 Å². The molecular weight excluding hydrogens is 292 g/mol. The molecule has 2 aromatic rings. The Morgan fingerprint density at radius 3 is 2.57 bits per heavy atom. The van der Waals surface area contributed by atoms with E-state index in [1.165, 1.54) is 0 Å². The van der Waals surface area contributed by atoms with Crippen LogP contribution in [0.5, 0.6) is 0 Å². The van der Waals surface area contributed by atoms with Gasteiger partial charge in [-0.3, -0.25) is 9.00 Å². The summed E-state index contributed by atoms with van der Waals surface area (Å²) in [5.41, 5.74) is 1.65. The summed E-state index contributed by atoms with van der Waals surface area (Å²) in [5.74, 6) is 0.732. The number of hydrogen-bond acceptors (Lipinski definition) is 5. The van der Waals surface area contributed by atoms with E-state index < -0.39 is 10.8 Å². The lowest BCUT2D eigenvalue weighted by molar-refractivity contribution is -0.113. The minimum atomic E-state index is -1.31. The van der Waals surface area contributed by atoms with Gasteiger partial charge < -0.3 is 14.9 Å². The van der Waals surface area contributed by atoms with Crippen molar-refractivity contribution in [2.75, 3.05) is 11.1 Å². The molecule has 0 bridgehead atoms. The molecular formula is C14H16N2O4S. The van der Waals surface area contributed by atoms with Crippen molar-refractivity contribution in [3.8, 4) is 0 Å². The number of aliphatic hydroxyl groups excluding tert-OH is 1. The Kier molecular flexibility index (Phi) is 5.24. The molecule has 0 aliphatic carbocycles. The molecule has 1 atom stereocenters. The average molecular weight is 308 g/mol. The van der Waals surface area contributed by atoms with Crippen LogP contribution < -0.4 is 5.32 Å². The Hall–Kier alpha value is -1.99. The van der Waals surface area contributed by atoms with Crippen LogP contribution in [0.15, 0.2) is 34.9 Å². The Labute approximate surface area is 124 Å². The zero-order chi connectivity index (χ0) is 15.2. The van der Waals surface area contributed by atoms with E-state index in [0.717, 1.165) is 11.1 Å². The van der Waals surface area contributed by atoms with Crippen LogP contribution in [0, 0.1) is 6.92 Å². The van der Waals surface area contributed by atoms with Gasteiger partial charge >= 0.3 is 0 Å². The van der Waals surface area contributed by atoms with Crippen LogP contribution in [0.25, 0.3) is 0 Å². The van der Waals surface area contributed by atoms with Crippen molar-refractivity contribution in [2.45, 2.75) is 19.3 Å². The predicted octanol–water partition coefficient (Wildman–Crippen LogP) is 1.36. The van der Waals surface area contributed by atoms with E-state index in [2.05, 4.69) is 10.5 Å². The number of benzene rings is 1. The monoisotopic (exact) mass is 308 g/mol. The fourth-order valence-electron chi connectivity index (χ4n) is 1.73. The molecule has 1 unspecified atom stereocenters. The number of nitrogens with zero attached hydrogens (tertiary/aromatic N) is 1. The maximum atomic E-state index is 11.9. The largest absolute Gasteiger partial charge is 0.392 e. The van der Waals surface area contributed by atoms with Crippen molar-refractivity contribution in [1.82, 2.24) is 5.16 Å². The lowest BCUT2D eigenvalue weighted by atomic mass is 10.2. The summed E-state index contributed by atoms with van der Waals surface area (Å²) in [7, 11) is -1.31. The van der Waals surface area contributed by atoms with Crippen molar-refractivity contribution in [3.63, 3.8) is 0 Å². The van der Waals surface area contributed by atoms with E-state index in [4.69, 9.17) is 9.63 Å². The molecule has 0 radical (unpaired) electrons. The summed E-state index contributed by atoms with van der Waals surface area (Å²) in [5, 5.41) is 15.1. The third kappa shape index (κ3) is 4.80. The van der Waals surface area contributed by atoms with Crippen molar-refractivity contribution in [1.29, 1.82) is 0 Å². The molecule has 0 saturated carbocycles. The highest BCUT2D eigenvalue weighted by Gasteiger charge is 2.11. The second kappa shape index (κ2) is 7.14. The van der Waals surface area contributed by atoms with E-state index in [1.807, 2.05) is 0 Å².